The Balaban J connectivity index is 0.648. The molecule has 9 rings (SSSR count). The van der Waals surface area contributed by atoms with Crippen LogP contribution in [-0.4, -0.2) is 163 Å². The number of hydrogen-bond donors (Lipinski definition) is 10. The summed E-state index contributed by atoms with van der Waals surface area (Å²) in [5.74, 6) is -0.259. The molecule has 1 saturated heterocycles. The van der Waals surface area contributed by atoms with Crippen molar-refractivity contribution in [2.45, 2.75) is 170 Å². The first-order chi connectivity index (χ1) is 52.4. The van der Waals surface area contributed by atoms with Gasteiger partial charge in [-0.3, -0.25) is 42.4 Å². The van der Waals surface area contributed by atoms with Gasteiger partial charge >= 0.3 is 23.5 Å². The van der Waals surface area contributed by atoms with Gasteiger partial charge < -0.3 is 55.8 Å². The second-order valence-electron chi connectivity index (χ2n) is 27.4. The van der Waals surface area contributed by atoms with Crippen molar-refractivity contribution in [3.63, 3.8) is 0 Å². The topological polar surface area (TPSA) is 510 Å². The molecule has 0 spiro atoms. The number of nitrogens with two attached hydrogens (primary N) is 1. The van der Waals surface area contributed by atoms with E-state index in [0.29, 0.717) is 115 Å². The number of phosphoric ester groups is 2. The van der Waals surface area contributed by atoms with Gasteiger partial charge in [0.15, 0.2) is 23.4 Å². The molecular formula is C69H92ClN13O23P3S2+. The van der Waals surface area contributed by atoms with Crippen molar-refractivity contribution in [3.8, 4) is 0 Å². The minimum atomic E-state index is -5.89. The van der Waals surface area contributed by atoms with Crippen LogP contribution < -0.4 is 26.6 Å². The van der Waals surface area contributed by atoms with Crippen LogP contribution in [0.4, 0.5) is 39.9 Å². The quantitative estimate of drug-likeness (QED) is 0.00323. The van der Waals surface area contributed by atoms with Gasteiger partial charge in [0.1, 0.15) is 42.4 Å². The minimum Gasteiger partial charge on any atom is -0.387 e. The predicted molar refractivity (Wildman–Crippen MR) is 409 cm³/mol. The smallest absolute Gasteiger partial charge is 0.387 e. The number of aromatic nitrogens is 4. The number of unbranched alkanes of at least 4 members (excludes halogenated alkanes) is 8. The first kappa shape index (κ1) is 87.3. The van der Waals surface area contributed by atoms with Crippen LogP contribution in [0.25, 0.3) is 11.2 Å². The number of phosphoric acid groups is 3. The van der Waals surface area contributed by atoms with Crippen molar-refractivity contribution in [2.24, 2.45) is 10.2 Å². The van der Waals surface area contributed by atoms with Crippen molar-refractivity contribution in [2.75, 3.05) is 68.5 Å². The summed E-state index contributed by atoms with van der Waals surface area (Å²) in [6.45, 7) is 10.8. The van der Waals surface area contributed by atoms with Crippen molar-refractivity contribution in [1.29, 1.82) is 0 Å². The van der Waals surface area contributed by atoms with Gasteiger partial charge in [0, 0.05) is 104 Å². The molecule has 36 nitrogen and oxygen atoms in total. The summed E-state index contributed by atoms with van der Waals surface area (Å²) in [7, 11) is -25.9. The second-order valence-corrected chi connectivity index (χ2v) is 35.3. The third-order valence-electron chi connectivity index (χ3n) is 18.8. The molecule has 5 heterocycles. The van der Waals surface area contributed by atoms with E-state index in [1.807, 2.05) is 52.8 Å². The average molecular weight is 1660 g/mol. The fourth-order valence-electron chi connectivity index (χ4n) is 13.1. The fourth-order valence-corrected chi connectivity index (χ4v) is 17.9. The lowest BCUT2D eigenvalue weighted by Gasteiger charge is -2.25. The largest absolute Gasteiger partial charge is 0.490 e. The van der Waals surface area contributed by atoms with Gasteiger partial charge in [0.05, 0.1) is 50.4 Å². The maximum absolute atomic E-state index is 13.1. The molecule has 4 aromatic carbocycles. The number of ether oxygens (including phenoxy) is 2. The van der Waals surface area contributed by atoms with Gasteiger partial charge in [0.2, 0.25) is 17.5 Å². The number of fused-ring (bicyclic) bond motifs is 3. The molecule has 0 radical (unpaired) electrons. The lowest BCUT2D eigenvalue weighted by atomic mass is 9.81. The Bertz CT molecular complexity index is 4880. The molecular weight excluding hydrogens is 1570 g/mol. The second kappa shape index (κ2) is 38.0. The molecule has 0 aliphatic carbocycles. The number of nitrogen functional groups attached to an aromatic ring is 1. The molecule has 3 aliphatic heterocycles. The van der Waals surface area contributed by atoms with Crippen LogP contribution in [0.1, 0.15) is 142 Å². The van der Waals surface area contributed by atoms with E-state index in [-0.39, 0.29) is 80.9 Å². The summed E-state index contributed by atoms with van der Waals surface area (Å²) >= 11 is 6.10. The molecule has 3 unspecified atom stereocenters. The Morgan fingerprint density at radius 3 is 2.02 bits per heavy atom. The van der Waals surface area contributed by atoms with Crippen molar-refractivity contribution in [3.05, 3.63) is 142 Å². The highest BCUT2D eigenvalue weighted by Crippen LogP contribution is 2.68. The molecule has 604 valence electrons. The van der Waals surface area contributed by atoms with Crippen LogP contribution in [0.3, 0.4) is 0 Å². The van der Waals surface area contributed by atoms with Crippen LogP contribution in [0, 0.1) is 10.1 Å². The number of nitro benzene ring substituents is 1. The Labute approximate surface area is 646 Å². The summed E-state index contributed by atoms with van der Waals surface area (Å²) in [5.41, 5.74) is 11.2. The zero-order chi connectivity index (χ0) is 80.7. The number of rotatable bonds is 43. The van der Waals surface area contributed by atoms with Crippen molar-refractivity contribution < 1.29 is 106 Å². The number of nitrogens with one attached hydrogen (secondary N) is 3. The Morgan fingerprint density at radius 2 is 1.37 bits per heavy atom. The number of imidazole rings is 1. The molecule has 0 saturated carbocycles. The van der Waals surface area contributed by atoms with Gasteiger partial charge in [-0.2, -0.15) is 35.1 Å². The highest BCUT2D eigenvalue weighted by molar-refractivity contribution is 7.86. The van der Waals surface area contributed by atoms with Gasteiger partial charge in [-0.05, 0) is 138 Å². The highest BCUT2D eigenvalue weighted by atomic mass is 35.5. The zero-order valence-corrected chi connectivity index (χ0v) is 66.6. The molecule has 111 heavy (non-hydrogen) atoms. The van der Waals surface area contributed by atoms with Crippen LogP contribution >= 0.6 is 35.1 Å². The fraction of sp³-hybridized carbons (Fsp3) is 0.478. The van der Waals surface area contributed by atoms with E-state index in [1.165, 1.54) is 59.7 Å². The van der Waals surface area contributed by atoms with Gasteiger partial charge in [-0.1, -0.05) is 57.2 Å². The molecule has 6 aromatic rings. The van der Waals surface area contributed by atoms with E-state index in [9.17, 15) is 79.1 Å². The number of azo groups is 1. The van der Waals surface area contributed by atoms with E-state index in [2.05, 4.69) is 59.2 Å². The summed E-state index contributed by atoms with van der Waals surface area (Å²) < 4.78 is 141. The first-order valence-electron chi connectivity index (χ1n) is 35.8. The van der Waals surface area contributed by atoms with E-state index >= 15 is 0 Å². The number of nitro groups is 1. The molecule has 1 fully saturated rings. The summed E-state index contributed by atoms with van der Waals surface area (Å²) in [6.07, 6.45) is 9.93. The lowest BCUT2D eigenvalue weighted by molar-refractivity contribution is -0.438. The Kier molecular flexibility index (Phi) is 29.9. The van der Waals surface area contributed by atoms with Gasteiger partial charge in [0.25, 0.3) is 25.9 Å². The number of halogens is 1. The number of benzene rings is 4. The van der Waals surface area contributed by atoms with Gasteiger partial charge in [-0.25, -0.2) is 28.6 Å². The predicted octanol–water partition coefficient (Wildman–Crippen LogP) is 12.0. The summed E-state index contributed by atoms with van der Waals surface area (Å²) in [6, 6.07) is 20.0. The normalized spacial score (nSPS) is 19.5. The number of aliphatic hydroxyl groups excluding tert-OH is 1. The number of likely N-dealkylation sites (N-methyl/N-ethyl adjacent to an activating group) is 1. The van der Waals surface area contributed by atoms with Crippen LogP contribution in [-0.2, 0) is 81.5 Å². The zero-order valence-electron chi connectivity index (χ0n) is 61.5. The third kappa shape index (κ3) is 23.5. The lowest BCUT2D eigenvalue weighted by Crippen LogP contribution is -2.36. The monoisotopic (exact) mass is 1660 g/mol. The van der Waals surface area contributed by atoms with Crippen molar-refractivity contribution in [1.82, 2.24) is 30.2 Å². The van der Waals surface area contributed by atoms with Crippen LogP contribution in [0.5, 0.6) is 0 Å². The van der Waals surface area contributed by atoms with Crippen LogP contribution in [0.2, 0.25) is 5.02 Å². The number of anilines is 3. The maximum Gasteiger partial charge on any atom is 0.490 e. The summed E-state index contributed by atoms with van der Waals surface area (Å²) in [4.78, 5) is 81.0. The molecule has 42 heteroatoms. The number of amides is 2. The third-order valence-corrected chi connectivity index (χ3v) is 25.1. The van der Waals surface area contributed by atoms with Crippen LogP contribution in [0.15, 0.2) is 135 Å². The number of hydrogen-bond acceptors (Lipinski definition) is 26. The minimum absolute atomic E-state index is 0.0346. The van der Waals surface area contributed by atoms with Crippen molar-refractivity contribution >= 4 is 124 Å². The number of aliphatic hydroxyl groups is 1. The van der Waals surface area contributed by atoms with E-state index < -0.39 is 97.2 Å². The maximum atomic E-state index is 13.1. The van der Waals surface area contributed by atoms with E-state index in [0.717, 1.165) is 34.0 Å². The number of carbonyl (C=O) groups is 2. The molecule has 11 N–H and O–H groups in total. The molecule has 3 aliphatic rings. The van der Waals surface area contributed by atoms with Gasteiger partial charge in [-0.15, -0.1) is 5.11 Å². The number of nitrogens with zero attached hydrogens (tertiary/aromatic N) is 9. The standard InChI is InChI=1S/C69H91ClN13O23P3S2/c1-6-80-55-32-29-49(110(95,96)97)41-51(55)68(2,3)58(80)20-18-21-59-69(4,5)52-42-50(111(98,99)100)30-33-56(52)81(59)37-15-11-12-22-60(84)73-34-14-8-10-17-39-102-107(89,90)105-109(93,94)106-108(91,92)103-43-57-63(86)64(67(104-57)82-45-77-62-65(71)75-44-76-66(62)82)101-38-16-9-7-13-35-74-61(85)23-19-36-72-46-24-26-47(27-25-46)78-79-54-31-28-48(83(87)88)40-53(54)70/h18,20-21,24-33,40-42,44-45,57,63-64,67,86H,6-17,19,22-23,34-39,43H2,1-5H3,(H9-,71,72,73,74,75,76,79,84,85,89,90,91,92,93,94,95,96,97,98,99,100)/p+1/t57-,63-,64-,67-/m1/s1. The SMILES string of the molecule is CCN1/C(=C/C=C/C2=[N+](CCCCCC(=O)NCCCCCCOP(=O)(O)OP(=O)(O)OP(=O)(O)OC[C@H]3O[C@@H](n4cnc5c(N)ncnc54)[C@H](OCCCCCCNC(=O)CCCNc4ccc(N=Nc5ccc([N+](=O)[O-])cc5Cl)cc4)[C@@H]3O)c3ccc(S(=O)(=O)O)cc3C2(C)C)C(C)(C)c2cc(S(=O)(=O)O)ccc21. The Hall–Kier alpha value is -7.68. The van der Waals surface area contributed by atoms with E-state index in [4.69, 9.17) is 35.9 Å². The average Bonchev–Trinajstić information content (AvgIpc) is 1.59. The van der Waals surface area contributed by atoms with E-state index in [1.54, 1.807) is 36.4 Å². The molecule has 2 aromatic heterocycles. The molecule has 0 bridgehead atoms. The number of non-ortho nitro benzene ring substituents is 1. The Morgan fingerprint density at radius 1 is 0.748 bits per heavy atom. The first-order valence-corrected chi connectivity index (χ1v) is 43.5. The number of carbonyl (C=O) groups excluding carboxylic acids is 2. The molecule has 7 atom stereocenters. The highest BCUT2D eigenvalue weighted by Gasteiger charge is 2.50. The molecule has 2 amide bonds. The number of allylic oxidation sites excluding steroid dienone is 4. The summed E-state index contributed by atoms with van der Waals surface area (Å²) in [5, 5.41) is 39.8.